The van der Waals surface area contributed by atoms with Crippen LogP contribution in [-0.4, -0.2) is 26.8 Å². The van der Waals surface area contributed by atoms with Crippen molar-refractivity contribution in [3.05, 3.63) is 10.7 Å². The van der Waals surface area contributed by atoms with Crippen LogP contribution in [0, 0.1) is 0 Å². The van der Waals surface area contributed by atoms with Crippen LogP contribution in [0.3, 0.4) is 0 Å². The summed E-state index contributed by atoms with van der Waals surface area (Å²) in [4.78, 5) is 4.32. The fourth-order valence-electron chi connectivity index (χ4n) is 1.71. The molecule has 1 heterocycles. The summed E-state index contributed by atoms with van der Waals surface area (Å²) in [7, 11) is -6.03. The molecule has 1 unspecified atom stereocenters. The highest BCUT2D eigenvalue weighted by molar-refractivity contribution is 7.91. The molecule has 1 atom stereocenters. The molecule has 0 aliphatic rings. The number of thiazole rings is 1. The lowest BCUT2D eigenvalue weighted by Crippen LogP contribution is -2.41. The molecule has 3 N–H and O–H groups in total. The van der Waals surface area contributed by atoms with Gasteiger partial charge in [0.1, 0.15) is 10.6 Å². The molecule has 0 radical (unpaired) electrons. The third-order valence-electron chi connectivity index (χ3n) is 4.06. The van der Waals surface area contributed by atoms with Gasteiger partial charge in [0.15, 0.2) is 12.5 Å². The van der Waals surface area contributed by atoms with Gasteiger partial charge >= 0.3 is 0 Å². The SMILES string of the molecule is CC(O[Si](C)(C)C(C)(C)C)c1nc(C(C)(C)O)sc1S(N)(=O)=O. The summed E-state index contributed by atoms with van der Waals surface area (Å²) in [6, 6.07) is 0. The number of sulfonamides is 1. The molecule has 0 spiro atoms. The number of nitrogens with two attached hydrogens (primary N) is 1. The van der Waals surface area contributed by atoms with Gasteiger partial charge in [-0.25, -0.2) is 18.5 Å². The Morgan fingerprint density at radius 2 is 1.74 bits per heavy atom. The molecule has 0 saturated carbocycles. The van der Waals surface area contributed by atoms with E-state index >= 15 is 0 Å². The maximum absolute atomic E-state index is 11.9. The summed E-state index contributed by atoms with van der Waals surface area (Å²) < 4.78 is 30.0. The van der Waals surface area contributed by atoms with E-state index in [0.717, 1.165) is 11.3 Å². The standard InChI is InChI=1S/C14H28N2O4S2Si/c1-9(20-23(7,8)13(2,3)4)10-11(22(15,18)19)21-12(16-10)14(5,6)17/h9,17H,1-8H3,(H2,15,18,19). The molecule has 134 valence electrons. The minimum Gasteiger partial charge on any atom is -0.409 e. The van der Waals surface area contributed by atoms with Gasteiger partial charge in [-0.1, -0.05) is 20.8 Å². The highest BCUT2D eigenvalue weighted by Gasteiger charge is 2.40. The quantitative estimate of drug-likeness (QED) is 0.764. The van der Waals surface area contributed by atoms with Crippen molar-refractivity contribution in [3.63, 3.8) is 0 Å². The second-order valence-electron chi connectivity index (χ2n) is 7.82. The van der Waals surface area contributed by atoms with Crippen molar-refractivity contribution in [2.75, 3.05) is 0 Å². The Labute approximate surface area is 144 Å². The van der Waals surface area contributed by atoms with Crippen molar-refractivity contribution in [3.8, 4) is 0 Å². The first-order chi connectivity index (χ1) is 9.97. The van der Waals surface area contributed by atoms with Crippen molar-refractivity contribution >= 4 is 29.7 Å². The molecule has 0 amide bonds. The van der Waals surface area contributed by atoms with E-state index < -0.39 is 30.0 Å². The van der Waals surface area contributed by atoms with Gasteiger partial charge < -0.3 is 9.53 Å². The fraction of sp³-hybridized carbons (Fsp3) is 0.786. The predicted octanol–water partition coefficient (Wildman–Crippen LogP) is 3.10. The molecular formula is C14H28N2O4S2Si. The molecule has 0 aromatic carbocycles. The molecule has 1 rings (SSSR count). The molecule has 1 aromatic rings. The Morgan fingerprint density at radius 1 is 1.26 bits per heavy atom. The number of hydrogen-bond acceptors (Lipinski definition) is 6. The van der Waals surface area contributed by atoms with Crippen LogP contribution >= 0.6 is 11.3 Å². The maximum atomic E-state index is 11.9. The van der Waals surface area contributed by atoms with Crippen LogP contribution in [-0.2, 0) is 20.1 Å². The Hall–Kier alpha value is -0.323. The molecule has 0 aliphatic heterocycles. The summed E-state index contributed by atoms with van der Waals surface area (Å²) in [6.45, 7) is 15.4. The van der Waals surface area contributed by atoms with E-state index in [0.29, 0.717) is 5.01 Å². The van der Waals surface area contributed by atoms with E-state index in [4.69, 9.17) is 9.56 Å². The Kier molecular flexibility index (Phi) is 5.58. The molecule has 0 saturated heterocycles. The number of nitrogens with zero attached hydrogens (tertiary/aromatic N) is 1. The number of aliphatic hydroxyl groups is 1. The second kappa shape index (κ2) is 6.20. The third-order valence-corrected chi connectivity index (χ3v) is 11.5. The van der Waals surface area contributed by atoms with Crippen LogP contribution in [0.15, 0.2) is 4.21 Å². The first-order valence-electron chi connectivity index (χ1n) is 7.41. The second-order valence-corrected chi connectivity index (χ2v) is 15.3. The molecular weight excluding hydrogens is 352 g/mol. The van der Waals surface area contributed by atoms with Crippen molar-refractivity contribution < 1.29 is 18.0 Å². The van der Waals surface area contributed by atoms with Crippen molar-refractivity contribution in [2.24, 2.45) is 5.14 Å². The molecule has 9 heteroatoms. The zero-order valence-electron chi connectivity index (χ0n) is 15.1. The van der Waals surface area contributed by atoms with Crippen molar-refractivity contribution in [1.82, 2.24) is 4.98 Å². The zero-order valence-corrected chi connectivity index (χ0v) is 17.7. The number of hydrogen-bond donors (Lipinski definition) is 2. The highest BCUT2D eigenvalue weighted by atomic mass is 32.2. The minimum absolute atomic E-state index is 0.0158. The van der Waals surface area contributed by atoms with Crippen LogP contribution in [0.25, 0.3) is 0 Å². The maximum Gasteiger partial charge on any atom is 0.249 e. The molecule has 1 aromatic heterocycles. The van der Waals surface area contributed by atoms with Crippen molar-refractivity contribution in [2.45, 2.75) is 75.6 Å². The van der Waals surface area contributed by atoms with Crippen LogP contribution in [0.2, 0.25) is 18.1 Å². The molecule has 0 fully saturated rings. The monoisotopic (exact) mass is 380 g/mol. The summed E-state index contributed by atoms with van der Waals surface area (Å²) in [5.74, 6) is 0. The first-order valence-corrected chi connectivity index (χ1v) is 12.7. The van der Waals surface area contributed by atoms with E-state index in [1.54, 1.807) is 20.8 Å². The van der Waals surface area contributed by atoms with Gasteiger partial charge in [0.2, 0.25) is 10.0 Å². The van der Waals surface area contributed by atoms with E-state index in [2.05, 4.69) is 38.8 Å². The van der Waals surface area contributed by atoms with Gasteiger partial charge in [0.25, 0.3) is 0 Å². The number of aromatic nitrogens is 1. The van der Waals surface area contributed by atoms with Crippen LogP contribution in [0.4, 0.5) is 0 Å². The average Bonchev–Trinajstić information content (AvgIpc) is 2.69. The van der Waals surface area contributed by atoms with Gasteiger partial charge in [-0.15, -0.1) is 11.3 Å². The summed E-state index contributed by atoms with van der Waals surface area (Å²) in [5.41, 5.74) is -0.960. The molecule has 23 heavy (non-hydrogen) atoms. The van der Waals surface area contributed by atoms with Crippen LogP contribution in [0.5, 0.6) is 0 Å². The lowest BCUT2D eigenvalue weighted by atomic mass is 10.1. The topological polar surface area (TPSA) is 103 Å². The van der Waals surface area contributed by atoms with Crippen LogP contribution < -0.4 is 5.14 Å². The van der Waals surface area contributed by atoms with Crippen molar-refractivity contribution in [1.29, 1.82) is 0 Å². The lowest BCUT2D eigenvalue weighted by Gasteiger charge is -2.38. The average molecular weight is 381 g/mol. The van der Waals surface area contributed by atoms with Gasteiger partial charge in [0.05, 0.1) is 11.8 Å². The number of primary sulfonamides is 1. The molecule has 0 bridgehead atoms. The normalized spacial score (nSPS) is 15.7. The zero-order chi connectivity index (χ0) is 18.4. The lowest BCUT2D eigenvalue weighted by molar-refractivity contribution is 0.0776. The van der Waals surface area contributed by atoms with Gasteiger partial charge in [-0.3, -0.25) is 0 Å². The summed E-state index contributed by atoms with van der Waals surface area (Å²) in [5, 5.41) is 15.7. The number of rotatable bonds is 5. The largest absolute Gasteiger partial charge is 0.409 e. The first kappa shape index (κ1) is 20.7. The van der Waals surface area contributed by atoms with Gasteiger partial charge in [-0.2, -0.15) is 0 Å². The Morgan fingerprint density at radius 3 is 2.09 bits per heavy atom. The summed E-state index contributed by atoms with van der Waals surface area (Å²) >= 11 is 0.897. The van der Waals surface area contributed by atoms with E-state index in [1.165, 1.54) is 0 Å². The van der Waals surface area contributed by atoms with Crippen LogP contribution in [0.1, 0.15) is 58.3 Å². The fourth-order valence-corrected chi connectivity index (χ4v) is 5.15. The van der Waals surface area contributed by atoms with Gasteiger partial charge in [0, 0.05) is 0 Å². The Balaban J connectivity index is 3.34. The Bertz CT molecular complexity index is 670. The van der Waals surface area contributed by atoms with E-state index in [1.807, 2.05) is 0 Å². The van der Waals surface area contributed by atoms with E-state index in [9.17, 15) is 13.5 Å². The molecule has 0 aliphatic carbocycles. The van der Waals surface area contributed by atoms with E-state index in [-0.39, 0.29) is 14.9 Å². The minimum atomic E-state index is -3.93. The third kappa shape index (κ3) is 4.83. The molecule has 6 nitrogen and oxygen atoms in total. The summed E-state index contributed by atoms with van der Waals surface area (Å²) in [6.07, 6.45) is -0.517. The predicted molar refractivity (Wildman–Crippen MR) is 95.4 cm³/mol. The smallest absolute Gasteiger partial charge is 0.249 e. The highest BCUT2D eigenvalue weighted by Crippen LogP contribution is 2.41. The van der Waals surface area contributed by atoms with Gasteiger partial charge in [-0.05, 0) is 38.9 Å².